The molecule has 0 amide bonds. The molecule has 1 aromatic heterocycles. The van der Waals surface area contributed by atoms with Gasteiger partial charge in [0.05, 0.1) is 11.4 Å². The van der Waals surface area contributed by atoms with Crippen LogP contribution in [0.1, 0.15) is 0 Å². The van der Waals surface area contributed by atoms with Crippen LogP contribution in [0.3, 0.4) is 0 Å². The van der Waals surface area contributed by atoms with Gasteiger partial charge in [-0.3, -0.25) is 9.89 Å². The molecule has 3 aromatic rings. The van der Waals surface area contributed by atoms with Crippen molar-refractivity contribution >= 4 is 11.6 Å². The smallest absolute Gasteiger partial charge is 0.271 e. The summed E-state index contributed by atoms with van der Waals surface area (Å²) in [7, 11) is 0. The summed E-state index contributed by atoms with van der Waals surface area (Å²) in [5.41, 5.74) is 2.00. The van der Waals surface area contributed by atoms with Gasteiger partial charge in [-0.1, -0.05) is 23.7 Å². The molecule has 0 aliphatic carbocycles. The van der Waals surface area contributed by atoms with Gasteiger partial charge in [0, 0.05) is 16.7 Å². The molecule has 0 unspecified atom stereocenters. The zero-order valence-corrected chi connectivity index (χ0v) is 11.1. The molecule has 0 saturated heterocycles. The second-order valence-corrected chi connectivity index (χ2v) is 4.81. The average Bonchev–Trinajstić information content (AvgIpc) is 2.82. The highest BCUT2D eigenvalue weighted by atomic mass is 35.5. The number of aromatic nitrogens is 2. The third kappa shape index (κ3) is 2.33. The first-order valence-corrected chi connectivity index (χ1v) is 6.39. The Bertz CT molecular complexity index is 803. The number of rotatable bonds is 2. The Balaban J connectivity index is 2.07. The molecule has 1 heterocycles. The Morgan fingerprint density at radius 2 is 1.80 bits per heavy atom. The molecule has 3 rings (SSSR count). The molecule has 20 heavy (non-hydrogen) atoms. The van der Waals surface area contributed by atoms with Crippen LogP contribution in [0.2, 0.25) is 5.02 Å². The van der Waals surface area contributed by atoms with Crippen molar-refractivity contribution in [1.29, 1.82) is 0 Å². The van der Waals surface area contributed by atoms with E-state index in [4.69, 9.17) is 11.6 Å². The van der Waals surface area contributed by atoms with E-state index in [1.165, 1.54) is 22.9 Å². The molecule has 2 N–H and O–H groups in total. The quantitative estimate of drug-likeness (QED) is 0.760. The van der Waals surface area contributed by atoms with Crippen LogP contribution >= 0.6 is 11.6 Å². The fourth-order valence-corrected chi connectivity index (χ4v) is 2.18. The van der Waals surface area contributed by atoms with Gasteiger partial charge in [-0.2, -0.15) is 0 Å². The highest BCUT2D eigenvalue weighted by Crippen LogP contribution is 2.20. The molecule has 0 spiro atoms. The van der Waals surface area contributed by atoms with Gasteiger partial charge in [0.2, 0.25) is 0 Å². The van der Waals surface area contributed by atoms with Gasteiger partial charge in [-0.15, -0.1) is 0 Å². The molecular formula is C15H11ClN2O2. The van der Waals surface area contributed by atoms with Gasteiger partial charge < -0.3 is 5.11 Å². The van der Waals surface area contributed by atoms with Gasteiger partial charge >= 0.3 is 0 Å². The molecule has 0 saturated carbocycles. The molecule has 2 aromatic carbocycles. The van der Waals surface area contributed by atoms with Crippen molar-refractivity contribution in [2.24, 2.45) is 0 Å². The third-order valence-corrected chi connectivity index (χ3v) is 3.20. The predicted molar refractivity (Wildman–Crippen MR) is 78.5 cm³/mol. The normalized spacial score (nSPS) is 10.7. The van der Waals surface area contributed by atoms with Crippen molar-refractivity contribution in [2.45, 2.75) is 0 Å². The molecule has 0 bridgehead atoms. The monoisotopic (exact) mass is 286 g/mol. The Morgan fingerprint density at radius 3 is 2.50 bits per heavy atom. The first-order chi connectivity index (χ1) is 9.63. The van der Waals surface area contributed by atoms with Crippen LogP contribution < -0.4 is 5.56 Å². The molecule has 0 radical (unpaired) electrons. The molecule has 4 nitrogen and oxygen atoms in total. The molecule has 100 valence electrons. The zero-order chi connectivity index (χ0) is 14.1. The first kappa shape index (κ1) is 12.6. The summed E-state index contributed by atoms with van der Waals surface area (Å²) in [6, 6.07) is 15.2. The van der Waals surface area contributed by atoms with Gasteiger partial charge in [-0.25, -0.2) is 4.68 Å². The number of aromatic hydroxyl groups is 1. The lowest BCUT2D eigenvalue weighted by atomic mass is 10.2. The molecule has 0 aliphatic heterocycles. The van der Waals surface area contributed by atoms with Crippen LogP contribution in [0.5, 0.6) is 5.75 Å². The van der Waals surface area contributed by atoms with Gasteiger partial charge in [0.1, 0.15) is 5.75 Å². The van der Waals surface area contributed by atoms with E-state index < -0.39 is 0 Å². The number of hydrogen-bond donors (Lipinski definition) is 2. The van der Waals surface area contributed by atoms with Crippen molar-refractivity contribution in [3.05, 3.63) is 70.0 Å². The minimum Gasteiger partial charge on any atom is -0.508 e. The van der Waals surface area contributed by atoms with Crippen LogP contribution in [-0.4, -0.2) is 14.9 Å². The zero-order valence-electron chi connectivity index (χ0n) is 10.4. The van der Waals surface area contributed by atoms with Crippen molar-refractivity contribution < 1.29 is 5.11 Å². The second-order valence-electron chi connectivity index (χ2n) is 4.37. The Morgan fingerprint density at radius 1 is 1.05 bits per heavy atom. The third-order valence-electron chi connectivity index (χ3n) is 2.96. The SMILES string of the molecule is O=c1cc(-c2cccc(Cl)c2)[nH]n1-c1ccc(O)cc1. The number of aromatic amines is 1. The van der Waals surface area contributed by atoms with Crippen molar-refractivity contribution in [1.82, 2.24) is 9.78 Å². The Hall–Kier alpha value is -2.46. The molecule has 0 atom stereocenters. The van der Waals surface area contributed by atoms with Crippen LogP contribution in [0.4, 0.5) is 0 Å². The number of halogens is 1. The van der Waals surface area contributed by atoms with Gasteiger partial charge in [0.15, 0.2) is 0 Å². The maximum Gasteiger partial charge on any atom is 0.271 e. The number of H-pyrrole nitrogens is 1. The highest BCUT2D eigenvalue weighted by Gasteiger charge is 2.07. The van der Waals surface area contributed by atoms with Gasteiger partial charge in [-0.05, 0) is 36.4 Å². The number of nitrogens with one attached hydrogen (secondary N) is 1. The van der Waals surface area contributed by atoms with E-state index in [9.17, 15) is 9.90 Å². The van der Waals surface area contributed by atoms with Crippen LogP contribution in [-0.2, 0) is 0 Å². The molecule has 0 fully saturated rings. The summed E-state index contributed by atoms with van der Waals surface area (Å²) < 4.78 is 1.41. The summed E-state index contributed by atoms with van der Waals surface area (Å²) in [5.74, 6) is 0.156. The van der Waals surface area contributed by atoms with E-state index in [0.29, 0.717) is 16.4 Å². The fourth-order valence-electron chi connectivity index (χ4n) is 1.99. The maximum absolute atomic E-state index is 12.0. The number of hydrogen-bond acceptors (Lipinski definition) is 2. The van der Waals surface area contributed by atoms with E-state index in [2.05, 4.69) is 5.10 Å². The Labute approximate surface area is 119 Å². The minimum atomic E-state index is -0.175. The predicted octanol–water partition coefficient (Wildman–Crippen LogP) is 3.19. The number of phenolic OH excluding ortho intramolecular Hbond substituents is 1. The van der Waals surface area contributed by atoms with E-state index in [1.54, 1.807) is 24.3 Å². The molecule has 0 aliphatic rings. The number of benzene rings is 2. The van der Waals surface area contributed by atoms with E-state index in [1.807, 2.05) is 12.1 Å². The van der Waals surface area contributed by atoms with Crippen molar-refractivity contribution in [2.75, 3.05) is 0 Å². The number of nitrogens with zero attached hydrogens (tertiary/aromatic N) is 1. The summed E-state index contributed by atoms with van der Waals surface area (Å²) in [5, 5.41) is 12.9. The average molecular weight is 287 g/mol. The highest BCUT2D eigenvalue weighted by molar-refractivity contribution is 6.30. The van der Waals surface area contributed by atoms with E-state index >= 15 is 0 Å². The Kier molecular flexibility index (Phi) is 3.08. The summed E-state index contributed by atoms with van der Waals surface area (Å²) in [4.78, 5) is 12.0. The fraction of sp³-hybridized carbons (Fsp3) is 0. The van der Waals surface area contributed by atoms with E-state index in [-0.39, 0.29) is 11.3 Å². The largest absolute Gasteiger partial charge is 0.508 e. The van der Waals surface area contributed by atoms with Crippen LogP contribution in [0, 0.1) is 0 Å². The lowest BCUT2D eigenvalue weighted by molar-refractivity contribution is 0.475. The maximum atomic E-state index is 12.0. The lowest BCUT2D eigenvalue weighted by Crippen LogP contribution is -2.12. The van der Waals surface area contributed by atoms with Crippen molar-refractivity contribution in [3.8, 4) is 22.7 Å². The van der Waals surface area contributed by atoms with Gasteiger partial charge in [0.25, 0.3) is 5.56 Å². The lowest BCUT2D eigenvalue weighted by Gasteiger charge is -2.02. The van der Waals surface area contributed by atoms with E-state index in [0.717, 1.165) is 5.56 Å². The molecular weight excluding hydrogens is 276 g/mol. The van der Waals surface area contributed by atoms with Crippen LogP contribution in [0.15, 0.2) is 59.4 Å². The summed E-state index contributed by atoms with van der Waals surface area (Å²) in [6.45, 7) is 0. The minimum absolute atomic E-state index is 0.156. The first-order valence-electron chi connectivity index (χ1n) is 6.01. The van der Waals surface area contributed by atoms with Crippen molar-refractivity contribution in [3.63, 3.8) is 0 Å². The molecule has 5 heteroatoms. The van der Waals surface area contributed by atoms with Crippen LogP contribution in [0.25, 0.3) is 16.9 Å². The summed E-state index contributed by atoms with van der Waals surface area (Å²) in [6.07, 6.45) is 0. The number of phenols is 1. The standard InChI is InChI=1S/C15H11ClN2O2/c16-11-3-1-2-10(8-11)14-9-15(20)18(17-14)12-4-6-13(19)7-5-12/h1-9,17,19H. The summed E-state index contributed by atoms with van der Waals surface area (Å²) >= 11 is 5.95. The topological polar surface area (TPSA) is 58.0 Å². The second kappa shape index (κ2) is 4.90.